The molecule has 0 fully saturated rings. The minimum Gasteiger partial charge on any atom is -0.369 e. The predicted octanol–water partition coefficient (Wildman–Crippen LogP) is 3.94. The van der Waals surface area contributed by atoms with E-state index in [1.54, 1.807) is 17.7 Å². The largest absolute Gasteiger partial charge is 0.369 e. The number of aromatic nitrogens is 3. The zero-order chi connectivity index (χ0) is 16.9. The summed E-state index contributed by atoms with van der Waals surface area (Å²) < 4.78 is 8.25. The van der Waals surface area contributed by atoms with Crippen molar-refractivity contribution in [2.75, 3.05) is 18.0 Å². The third kappa shape index (κ3) is 2.45. The summed E-state index contributed by atoms with van der Waals surface area (Å²) in [4.78, 5) is 16.2. The summed E-state index contributed by atoms with van der Waals surface area (Å²) >= 11 is 1.75. The number of fused-ring (bicyclic) bond motifs is 4. The van der Waals surface area contributed by atoms with Gasteiger partial charge in [0.05, 0.1) is 27.3 Å². The maximum atomic E-state index is 5.93. The van der Waals surface area contributed by atoms with E-state index in [1.165, 1.54) is 10.3 Å². The van der Waals surface area contributed by atoms with Gasteiger partial charge in [0.1, 0.15) is 23.2 Å². The first-order chi connectivity index (χ1) is 11.5. The SMILES string of the molecule is CCN(CC)c1ncnc2c1sc1cc3c(nc12)COC(C)(C)C3. The summed E-state index contributed by atoms with van der Waals surface area (Å²) in [5.74, 6) is 1.02. The topological polar surface area (TPSA) is 51.1 Å². The van der Waals surface area contributed by atoms with E-state index in [-0.39, 0.29) is 5.60 Å². The van der Waals surface area contributed by atoms with E-state index in [0.717, 1.165) is 46.8 Å². The van der Waals surface area contributed by atoms with Gasteiger partial charge in [-0.2, -0.15) is 0 Å². The van der Waals surface area contributed by atoms with Gasteiger partial charge in [-0.15, -0.1) is 11.3 Å². The van der Waals surface area contributed by atoms with E-state index < -0.39 is 0 Å². The van der Waals surface area contributed by atoms with E-state index >= 15 is 0 Å². The summed E-state index contributed by atoms with van der Waals surface area (Å²) in [6.45, 7) is 11.0. The Hall–Kier alpha value is -1.79. The Kier molecular flexibility index (Phi) is 3.69. The second-order valence-electron chi connectivity index (χ2n) is 6.82. The van der Waals surface area contributed by atoms with Crippen molar-refractivity contribution in [1.82, 2.24) is 15.0 Å². The van der Waals surface area contributed by atoms with Crippen LogP contribution in [-0.4, -0.2) is 33.6 Å². The number of ether oxygens (including phenoxy) is 1. The van der Waals surface area contributed by atoms with Crippen LogP contribution in [0, 0.1) is 0 Å². The van der Waals surface area contributed by atoms with Crippen LogP contribution in [-0.2, 0) is 17.8 Å². The highest BCUT2D eigenvalue weighted by molar-refractivity contribution is 7.26. The smallest absolute Gasteiger partial charge is 0.150 e. The molecule has 0 saturated heterocycles. The second kappa shape index (κ2) is 5.63. The molecule has 1 aliphatic heterocycles. The number of pyridine rings is 1. The minimum atomic E-state index is -0.120. The van der Waals surface area contributed by atoms with Gasteiger partial charge in [-0.1, -0.05) is 0 Å². The van der Waals surface area contributed by atoms with Crippen molar-refractivity contribution >= 4 is 37.6 Å². The summed E-state index contributed by atoms with van der Waals surface area (Å²) in [6, 6.07) is 2.28. The van der Waals surface area contributed by atoms with Gasteiger partial charge in [0.25, 0.3) is 0 Å². The fraction of sp³-hybridized carbons (Fsp3) is 0.500. The lowest BCUT2D eigenvalue weighted by Gasteiger charge is -2.31. The monoisotopic (exact) mass is 342 g/mol. The predicted molar refractivity (Wildman–Crippen MR) is 98.8 cm³/mol. The van der Waals surface area contributed by atoms with Gasteiger partial charge in [-0.3, -0.25) is 0 Å². The summed E-state index contributed by atoms with van der Waals surface area (Å²) in [6.07, 6.45) is 2.55. The van der Waals surface area contributed by atoms with E-state index in [1.807, 2.05) is 0 Å². The molecule has 0 spiro atoms. The van der Waals surface area contributed by atoms with E-state index in [9.17, 15) is 0 Å². The molecule has 0 radical (unpaired) electrons. The molecule has 0 bridgehead atoms. The molecule has 6 heteroatoms. The van der Waals surface area contributed by atoms with Crippen molar-refractivity contribution in [2.24, 2.45) is 0 Å². The van der Waals surface area contributed by atoms with Gasteiger partial charge in [0.2, 0.25) is 0 Å². The fourth-order valence-electron chi connectivity index (χ4n) is 3.36. The maximum absolute atomic E-state index is 5.93. The molecule has 0 unspecified atom stereocenters. The lowest BCUT2D eigenvalue weighted by atomic mass is 9.94. The van der Waals surface area contributed by atoms with Crippen LogP contribution in [0.2, 0.25) is 0 Å². The quantitative estimate of drug-likeness (QED) is 0.722. The number of hydrogen-bond donors (Lipinski definition) is 0. The molecule has 126 valence electrons. The molecular formula is C18H22N4OS. The highest BCUT2D eigenvalue weighted by atomic mass is 32.1. The number of thiophene rings is 1. The third-order valence-corrected chi connectivity index (χ3v) is 5.77. The van der Waals surface area contributed by atoms with Crippen molar-refractivity contribution in [1.29, 1.82) is 0 Å². The maximum Gasteiger partial charge on any atom is 0.150 e. The molecule has 0 saturated carbocycles. The molecule has 3 aromatic heterocycles. The molecule has 3 aromatic rings. The first kappa shape index (κ1) is 15.7. The summed E-state index contributed by atoms with van der Waals surface area (Å²) in [5.41, 5.74) is 4.16. The standard InChI is InChI=1S/C18H22N4OS/c1-5-22(6-2)17-16-15(19-10-20-17)14-13(24-16)7-11-8-18(3,4)23-9-12(11)21-14/h7,10H,5-6,8-9H2,1-4H3. The first-order valence-electron chi connectivity index (χ1n) is 8.47. The Morgan fingerprint density at radius 3 is 2.75 bits per heavy atom. The highest BCUT2D eigenvalue weighted by Gasteiger charge is 2.28. The van der Waals surface area contributed by atoms with Gasteiger partial charge in [-0.05, 0) is 39.3 Å². The Balaban J connectivity index is 1.94. The number of rotatable bonds is 3. The lowest BCUT2D eigenvalue weighted by molar-refractivity contribution is -0.0418. The molecule has 0 N–H and O–H groups in total. The van der Waals surface area contributed by atoms with Crippen molar-refractivity contribution in [3.8, 4) is 0 Å². The average molecular weight is 342 g/mol. The molecule has 0 atom stereocenters. The van der Waals surface area contributed by atoms with Crippen LogP contribution in [0.5, 0.6) is 0 Å². The van der Waals surface area contributed by atoms with E-state index in [0.29, 0.717) is 6.61 Å². The Labute approximate surface area is 145 Å². The molecule has 1 aliphatic rings. The minimum absolute atomic E-state index is 0.120. The molecule has 0 aliphatic carbocycles. The summed E-state index contributed by atoms with van der Waals surface area (Å²) in [5, 5.41) is 0. The van der Waals surface area contributed by atoms with Gasteiger partial charge < -0.3 is 9.64 Å². The zero-order valence-corrected chi connectivity index (χ0v) is 15.4. The van der Waals surface area contributed by atoms with Gasteiger partial charge in [-0.25, -0.2) is 15.0 Å². The van der Waals surface area contributed by atoms with Crippen molar-refractivity contribution in [3.05, 3.63) is 23.7 Å². The number of nitrogens with zero attached hydrogens (tertiary/aromatic N) is 4. The fourth-order valence-corrected chi connectivity index (χ4v) is 4.54. The molecule has 0 aromatic carbocycles. The highest BCUT2D eigenvalue weighted by Crippen LogP contribution is 2.38. The lowest BCUT2D eigenvalue weighted by Crippen LogP contribution is -2.32. The van der Waals surface area contributed by atoms with Gasteiger partial charge in [0, 0.05) is 19.5 Å². The molecule has 4 heterocycles. The normalized spacial score (nSPS) is 16.5. The molecule has 4 rings (SSSR count). The molecular weight excluding hydrogens is 320 g/mol. The molecule has 5 nitrogen and oxygen atoms in total. The van der Waals surface area contributed by atoms with Gasteiger partial charge >= 0.3 is 0 Å². The second-order valence-corrected chi connectivity index (χ2v) is 7.87. The van der Waals surface area contributed by atoms with Crippen molar-refractivity contribution < 1.29 is 4.74 Å². The Morgan fingerprint density at radius 1 is 1.21 bits per heavy atom. The zero-order valence-electron chi connectivity index (χ0n) is 14.6. The third-order valence-electron chi connectivity index (χ3n) is 4.66. The van der Waals surface area contributed by atoms with Crippen LogP contribution < -0.4 is 4.90 Å². The molecule has 24 heavy (non-hydrogen) atoms. The Bertz CT molecular complexity index is 914. The van der Waals surface area contributed by atoms with Crippen LogP contribution in [0.1, 0.15) is 39.0 Å². The van der Waals surface area contributed by atoms with Crippen LogP contribution in [0.3, 0.4) is 0 Å². The summed E-state index contributed by atoms with van der Waals surface area (Å²) in [7, 11) is 0. The van der Waals surface area contributed by atoms with E-state index in [2.05, 4.69) is 48.6 Å². The van der Waals surface area contributed by atoms with E-state index in [4.69, 9.17) is 9.72 Å². The van der Waals surface area contributed by atoms with Crippen LogP contribution in [0.4, 0.5) is 5.82 Å². The van der Waals surface area contributed by atoms with Crippen LogP contribution in [0.25, 0.3) is 20.4 Å². The van der Waals surface area contributed by atoms with Crippen molar-refractivity contribution in [3.63, 3.8) is 0 Å². The number of anilines is 1. The number of hydrogen-bond acceptors (Lipinski definition) is 6. The average Bonchev–Trinajstić information content (AvgIpc) is 2.91. The van der Waals surface area contributed by atoms with Crippen molar-refractivity contribution in [2.45, 2.75) is 46.3 Å². The molecule has 0 amide bonds. The Morgan fingerprint density at radius 2 is 2.00 bits per heavy atom. The first-order valence-corrected chi connectivity index (χ1v) is 9.29. The van der Waals surface area contributed by atoms with Gasteiger partial charge in [0.15, 0.2) is 0 Å². The van der Waals surface area contributed by atoms with Crippen LogP contribution in [0.15, 0.2) is 12.4 Å². The van der Waals surface area contributed by atoms with Crippen LogP contribution >= 0.6 is 11.3 Å².